The van der Waals surface area contributed by atoms with E-state index in [2.05, 4.69) is 15.0 Å². The van der Waals surface area contributed by atoms with E-state index < -0.39 is 5.97 Å². The average molecular weight is 231 g/mol. The first-order valence-corrected chi connectivity index (χ1v) is 5.09. The summed E-state index contributed by atoms with van der Waals surface area (Å²) in [5, 5.41) is 4.01. The van der Waals surface area contributed by atoms with Crippen LogP contribution in [-0.2, 0) is 9.53 Å². The van der Waals surface area contributed by atoms with Crippen LogP contribution in [-0.4, -0.2) is 18.1 Å². The molecule has 0 bridgehead atoms. The fourth-order valence-electron chi connectivity index (χ4n) is 1.57. The van der Waals surface area contributed by atoms with Crippen molar-refractivity contribution in [2.45, 2.75) is 0 Å². The Bertz CT molecular complexity index is 572. The van der Waals surface area contributed by atoms with Gasteiger partial charge in [0.15, 0.2) is 0 Å². The topological polar surface area (TPSA) is 80.1 Å². The number of nitrogens with one attached hydrogen (secondary N) is 2. The Morgan fingerprint density at radius 2 is 2.29 bits per heavy atom. The number of methoxy groups -OCH3 is 1. The van der Waals surface area contributed by atoms with Gasteiger partial charge in [0.05, 0.1) is 24.4 Å². The predicted octanol–water partition coefficient (Wildman–Crippen LogP) is 1.55. The van der Waals surface area contributed by atoms with Gasteiger partial charge in [0.2, 0.25) is 0 Å². The predicted molar refractivity (Wildman–Crippen MR) is 66.2 cm³/mol. The number of hydrogen-bond acceptors (Lipinski definition) is 4. The van der Waals surface area contributed by atoms with E-state index in [4.69, 9.17) is 5.73 Å². The van der Waals surface area contributed by atoms with Gasteiger partial charge in [0.25, 0.3) is 0 Å². The molecule has 17 heavy (non-hydrogen) atoms. The molecule has 2 rings (SSSR count). The van der Waals surface area contributed by atoms with Gasteiger partial charge in [0, 0.05) is 11.6 Å². The van der Waals surface area contributed by atoms with Crippen molar-refractivity contribution >= 4 is 22.6 Å². The van der Waals surface area contributed by atoms with E-state index in [1.807, 2.05) is 30.5 Å². The highest BCUT2D eigenvalue weighted by Gasteiger charge is 2.03. The fourth-order valence-corrected chi connectivity index (χ4v) is 1.57. The number of H-pyrrole nitrogens is 1. The smallest absolute Gasteiger partial charge is 0.334 e. The number of rotatable bonds is 3. The Morgan fingerprint density at radius 1 is 1.47 bits per heavy atom. The third kappa shape index (κ3) is 2.39. The number of carbonyl (C=O) groups is 1. The van der Waals surface area contributed by atoms with Crippen LogP contribution in [0.25, 0.3) is 10.9 Å². The van der Waals surface area contributed by atoms with Crippen LogP contribution >= 0.6 is 0 Å². The van der Waals surface area contributed by atoms with Gasteiger partial charge in [0.1, 0.15) is 5.82 Å². The van der Waals surface area contributed by atoms with Crippen LogP contribution in [0.4, 0.5) is 5.69 Å². The zero-order chi connectivity index (χ0) is 12.3. The molecule has 0 spiro atoms. The molecule has 1 heterocycles. The van der Waals surface area contributed by atoms with Gasteiger partial charge < -0.3 is 20.8 Å². The Kier molecular flexibility index (Phi) is 3.00. The number of aromatic amines is 1. The minimum absolute atomic E-state index is 0.235. The number of hydrogen-bond donors (Lipinski definition) is 3. The van der Waals surface area contributed by atoms with E-state index in [9.17, 15) is 4.79 Å². The molecule has 0 amide bonds. The van der Waals surface area contributed by atoms with Crippen molar-refractivity contribution in [2.75, 3.05) is 12.4 Å². The zero-order valence-corrected chi connectivity index (χ0v) is 9.36. The molecule has 88 valence electrons. The standard InChI is InChI=1S/C12H13N3O2/c1-17-11(16)7-10(13)15-9-4-2-3-8-5-6-14-12(8)9/h2-7,14-15H,13H2,1H3/b10-7+. The number of fused-ring (bicyclic) bond motifs is 1. The Hall–Kier alpha value is -2.43. The lowest BCUT2D eigenvalue weighted by atomic mass is 10.2. The van der Waals surface area contributed by atoms with Crippen molar-refractivity contribution in [2.24, 2.45) is 5.73 Å². The van der Waals surface area contributed by atoms with Crippen LogP contribution in [0.3, 0.4) is 0 Å². The van der Waals surface area contributed by atoms with E-state index in [1.165, 1.54) is 13.2 Å². The van der Waals surface area contributed by atoms with Crippen molar-refractivity contribution < 1.29 is 9.53 Å². The lowest BCUT2D eigenvalue weighted by Gasteiger charge is -2.07. The van der Waals surface area contributed by atoms with Crippen molar-refractivity contribution in [3.63, 3.8) is 0 Å². The van der Waals surface area contributed by atoms with Crippen molar-refractivity contribution in [3.05, 3.63) is 42.4 Å². The zero-order valence-electron chi connectivity index (χ0n) is 9.36. The number of aromatic nitrogens is 1. The first-order valence-electron chi connectivity index (χ1n) is 5.09. The lowest BCUT2D eigenvalue weighted by Crippen LogP contribution is -2.12. The minimum atomic E-state index is -0.492. The summed E-state index contributed by atoms with van der Waals surface area (Å²) in [5.41, 5.74) is 7.43. The van der Waals surface area contributed by atoms with E-state index in [0.717, 1.165) is 16.6 Å². The number of nitrogens with two attached hydrogens (primary N) is 1. The van der Waals surface area contributed by atoms with Crippen molar-refractivity contribution in [3.8, 4) is 0 Å². The van der Waals surface area contributed by atoms with Gasteiger partial charge in [-0.25, -0.2) is 4.79 Å². The monoisotopic (exact) mass is 231 g/mol. The van der Waals surface area contributed by atoms with Gasteiger partial charge in [-0.15, -0.1) is 0 Å². The maximum absolute atomic E-state index is 11.0. The van der Waals surface area contributed by atoms with Crippen LogP contribution in [0.2, 0.25) is 0 Å². The molecule has 0 aliphatic heterocycles. The summed E-state index contributed by atoms with van der Waals surface area (Å²) in [7, 11) is 1.30. The summed E-state index contributed by atoms with van der Waals surface area (Å²) >= 11 is 0. The largest absolute Gasteiger partial charge is 0.466 e. The van der Waals surface area contributed by atoms with Gasteiger partial charge in [-0.2, -0.15) is 0 Å². The van der Waals surface area contributed by atoms with Gasteiger partial charge in [-0.05, 0) is 12.1 Å². The van der Waals surface area contributed by atoms with E-state index >= 15 is 0 Å². The molecule has 4 N–H and O–H groups in total. The maximum atomic E-state index is 11.0. The molecule has 0 radical (unpaired) electrons. The molecule has 5 nitrogen and oxygen atoms in total. The summed E-state index contributed by atoms with van der Waals surface area (Å²) in [6.45, 7) is 0. The molecule has 0 aliphatic carbocycles. The number of ether oxygens (including phenoxy) is 1. The molecule has 0 atom stereocenters. The van der Waals surface area contributed by atoms with Crippen molar-refractivity contribution in [1.82, 2.24) is 4.98 Å². The summed E-state index contributed by atoms with van der Waals surface area (Å²) in [6, 6.07) is 7.72. The molecule has 2 aromatic rings. The lowest BCUT2D eigenvalue weighted by molar-refractivity contribution is -0.134. The number of carbonyl (C=O) groups excluding carboxylic acids is 1. The van der Waals surface area contributed by atoms with E-state index in [1.54, 1.807) is 0 Å². The number of anilines is 1. The van der Waals surface area contributed by atoms with Crippen LogP contribution in [0, 0.1) is 0 Å². The Morgan fingerprint density at radius 3 is 3.06 bits per heavy atom. The van der Waals surface area contributed by atoms with Gasteiger partial charge in [-0.3, -0.25) is 0 Å². The first-order chi connectivity index (χ1) is 8.20. The fraction of sp³-hybridized carbons (Fsp3) is 0.0833. The molecule has 0 unspecified atom stereocenters. The van der Waals surface area contributed by atoms with E-state index in [0.29, 0.717) is 0 Å². The second kappa shape index (κ2) is 4.61. The molecule has 0 aliphatic rings. The molecule has 1 aromatic carbocycles. The normalized spacial score (nSPS) is 11.5. The highest BCUT2D eigenvalue weighted by Crippen LogP contribution is 2.21. The highest BCUT2D eigenvalue weighted by molar-refractivity contribution is 5.92. The first kappa shape index (κ1) is 11.1. The SMILES string of the molecule is COC(=O)/C=C(\N)Nc1cccc2cc[nH]c12. The van der Waals surface area contributed by atoms with Crippen molar-refractivity contribution in [1.29, 1.82) is 0 Å². The van der Waals surface area contributed by atoms with Crippen LogP contribution < -0.4 is 11.1 Å². The Balaban J connectivity index is 2.27. The second-order valence-corrected chi connectivity index (χ2v) is 3.50. The molecule has 0 saturated heterocycles. The third-order valence-corrected chi connectivity index (χ3v) is 2.34. The minimum Gasteiger partial charge on any atom is -0.466 e. The Labute approximate surface area is 98.3 Å². The number of benzene rings is 1. The van der Waals surface area contributed by atoms with E-state index in [-0.39, 0.29) is 5.82 Å². The summed E-state index contributed by atoms with van der Waals surface area (Å²) in [4.78, 5) is 14.1. The summed E-state index contributed by atoms with van der Waals surface area (Å²) < 4.78 is 4.49. The highest BCUT2D eigenvalue weighted by atomic mass is 16.5. The summed E-state index contributed by atoms with van der Waals surface area (Å²) in [5.74, 6) is -0.257. The van der Waals surface area contributed by atoms with Crippen LogP contribution in [0.15, 0.2) is 42.4 Å². The number of para-hydroxylation sites is 1. The molecule has 5 heteroatoms. The second-order valence-electron chi connectivity index (χ2n) is 3.50. The molecule has 0 saturated carbocycles. The average Bonchev–Trinajstić information content (AvgIpc) is 2.78. The van der Waals surface area contributed by atoms with Crippen LogP contribution in [0.1, 0.15) is 0 Å². The van der Waals surface area contributed by atoms with Crippen LogP contribution in [0.5, 0.6) is 0 Å². The molecule has 1 aromatic heterocycles. The molecular weight excluding hydrogens is 218 g/mol. The molecular formula is C12H13N3O2. The number of esters is 1. The molecule has 0 fully saturated rings. The maximum Gasteiger partial charge on any atom is 0.334 e. The van der Waals surface area contributed by atoms with Gasteiger partial charge in [-0.1, -0.05) is 12.1 Å². The quantitative estimate of drug-likeness (QED) is 0.553. The summed E-state index contributed by atoms with van der Waals surface area (Å²) in [6.07, 6.45) is 3.04. The van der Waals surface area contributed by atoms with Gasteiger partial charge >= 0.3 is 5.97 Å². The third-order valence-electron chi connectivity index (χ3n) is 2.34.